The third-order valence-electron chi connectivity index (χ3n) is 5.17. The van der Waals surface area contributed by atoms with E-state index in [9.17, 15) is 4.79 Å². The maximum atomic E-state index is 11.3. The van der Waals surface area contributed by atoms with Crippen LogP contribution in [0.2, 0.25) is 6.32 Å². The number of nitrogens with zero attached hydrogens (tertiary/aromatic N) is 1. The Labute approximate surface area is 131 Å². The van der Waals surface area contributed by atoms with Crippen molar-refractivity contribution in [1.82, 2.24) is 4.98 Å². The van der Waals surface area contributed by atoms with E-state index in [0.29, 0.717) is 5.56 Å². The number of primary amides is 1. The van der Waals surface area contributed by atoms with Crippen LogP contribution >= 0.6 is 0 Å². The van der Waals surface area contributed by atoms with E-state index >= 15 is 0 Å². The molecule has 1 aromatic heterocycles. The Balaban J connectivity index is 2.07. The summed E-state index contributed by atoms with van der Waals surface area (Å²) in [6.45, 7) is 8.79. The summed E-state index contributed by atoms with van der Waals surface area (Å²) in [7, 11) is 0. The van der Waals surface area contributed by atoms with Gasteiger partial charge in [-0.1, -0.05) is 19.9 Å². The number of carbonyl (C=O) groups excluding carboxylic acids is 1. The summed E-state index contributed by atoms with van der Waals surface area (Å²) in [5.41, 5.74) is 7.64. The first-order valence-electron chi connectivity index (χ1n) is 7.57. The van der Waals surface area contributed by atoms with Crippen LogP contribution in [0.3, 0.4) is 0 Å². The van der Waals surface area contributed by atoms with Gasteiger partial charge in [-0.05, 0) is 54.6 Å². The van der Waals surface area contributed by atoms with E-state index < -0.39 is 5.91 Å². The van der Waals surface area contributed by atoms with Crippen LogP contribution in [-0.4, -0.2) is 23.4 Å². The molecule has 0 spiro atoms. The predicted octanol–water partition coefficient (Wildman–Crippen LogP) is 2.37. The molecular weight excluding hydrogens is 275 g/mol. The van der Waals surface area contributed by atoms with E-state index in [4.69, 9.17) is 10.4 Å². The summed E-state index contributed by atoms with van der Waals surface area (Å²) >= 11 is 0. The van der Waals surface area contributed by atoms with Crippen LogP contribution in [0.4, 0.5) is 0 Å². The van der Waals surface area contributed by atoms with Gasteiger partial charge in [0.25, 0.3) is 0 Å². The van der Waals surface area contributed by atoms with Crippen LogP contribution in [0, 0.1) is 5.41 Å². The molecule has 4 nitrogen and oxygen atoms in total. The SMILES string of the molecule is CC1(C)CB(c2ccnc3cc(C(N)=O)ccc23)OC1(C)C. The Kier molecular flexibility index (Phi) is 3.29. The summed E-state index contributed by atoms with van der Waals surface area (Å²) in [6.07, 6.45) is 2.72. The number of rotatable bonds is 2. The van der Waals surface area contributed by atoms with Crippen LogP contribution in [0.25, 0.3) is 10.9 Å². The Morgan fingerprint density at radius 1 is 1.27 bits per heavy atom. The minimum atomic E-state index is -0.437. The monoisotopic (exact) mass is 296 g/mol. The molecule has 22 heavy (non-hydrogen) atoms. The Morgan fingerprint density at radius 2 is 2.00 bits per heavy atom. The summed E-state index contributed by atoms with van der Waals surface area (Å²) in [6, 6.07) is 7.42. The van der Waals surface area contributed by atoms with Crippen molar-refractivity contribution >= 4 is 29.2 Å². The van der Waals surface area contributed by atoms with Crippen LogP contribution < -0.4 is 11.2 Å². The Morgan fingerprint density at radius 3 is 2.59 bits per heavy atom. The van der Waals surface area contributed by atoms with Gasteiger partial charge in [0, 0.05) is 11.8 Å². The molecule has 1 fully saturated rings. The van der Waals surface area contributed by atoms with Gasteiger partial charge in [0.1, 0.15) is 0 Å². The van der Waals surface area contributed by atoms with Gasteiger partial charge in [-0.3, -0.25) is 9.78 Å². The number of fused-ring (bicyclic) bond motifs is 1. The van der Waals surface area contributed by atoms with Gasteiger partial charge < -0.3 is 10.4 Å². The molecule has 0 aliphatic carbocycles. The summed E-state index contributed by atoms with van der Waals surface area (Å²) in [5, 5.41) is 1.02. The fourth-order valence-electron chi connectivity index (χ4n) is 3.04. The zero-order chi connectivity index (χ0) is 16.1. The fraction of sp³-hybridized carbons (Fsp3) is 0.412. The van der Waals surface area contributed by atoms with Crippen molar-refractivity contribution in [2.24, 2.45) is 11.1 Å². The maximum Gasteiger partial charge on any atom is 0.328 e. The lowest BCUT2D eigenvalue weighted by Crippen LogP contribution is -2.36. The van der Waals surface area contributed by atoms with Gasteiger partial charge >= 0.3 is 6.92 Å². The van der Waals surface area contributed by atoms with Crippen molar-refractivity contribution in [3.8, 4) is 0 Å². The molecule has 2 N–H and O–H groups in total. The number of nitrogens with two attached hydrogens (primary N) is 1. The van der Waals surface area contributed by atoms with Crippen molar-refractivity contribution in [3.05, 3.63) is 36.0 Å². The summed E-state index contributed by atoms with van der Waals surface area (Å²) in [5.74, 6) is -0.437. The molecule has 2 aromatic rings. The van der Waals surface area contributed by atoms with E-state index in [2.05, 4.69) is 32.7 Å². The van der Waals surface area contributed by atoms with Gasteiger partial charge in [-0.25, -0.2) is 0 Å². The van der Waals surface area contributed by atoms with Crippen molar-refractivity contribution in [3.63, 3.8) is 0 Å². The van der Waals surface area contributed by atoms with E-state index in [1.54, 1.807) is 18.3 Å². The number of pyridine rings is 1. The molecular formula is C17H21BN2O2. The molecule has 1 aliphatic rings. The number of aromatic nitrogens is 1. The minimum absolute atomic E-state index is 0.0370. The lowest BCUT2D eigenvalue weighted by molar-refractivity contribution is 0.0376. The average molecular weight is 296 g/mol. The van der Waals surface area contributed by atoms with Crippen LogP contribution in [0.15, 0.2) is 30.5 Å². The van der Waals surface area contributed by atoms with Crippen LogP contribution in [0.5, 0.6) is 0 Å². The molecule has 1 aromatic carbocycles. The third-order valence-corrected chi connectivity index (χ3v) is 5.17. The first kappa shape index (κ1) is 15.0. The third kappa shape index (κ3) is 2.30. The molecule has 0 atom stereocenters. The molecule has 5 heteroatoms. The van der Waals surface area contributed by atoms with E-state index in [1.165, 1.54) is 0 Å². The summed E-state index contributed by atoms with van der Waals surface area (Å²) in [4.78, 5) is 15.7. The molecule has 1 aliphatic heterocycles. The number of hydrogen-bond donors (Lipinski definition) is 1. The topological polar surface area (TPSA) is 65.2 Å². The van der Waals surface area contributed by atoms with Gasteiger partial charge in [0.15, 0.2) is 0 Å². The zero-order valence-electron chi connectivity index (χ0n) is 13.5. The Bertz CT molecular complexity index is 739. The second-order valence-electron chi connectivity index (χ2n) is 7.20. The largest absolute Gasteiger partial charge is 0.426 e. The van der Waals surface area contributed by atoms with Crippen molar-refractivity contribution in [2.45, 2.75) is 39.6 Å². The van der Waals surface area contributed by atoms with Gasteiger partial charge in [-0.2, -0.15) is 0 Å². The first-order chi connectivity index (χ1) is 10.2. The molecule has 1 amide bonds. The van der Waals surface area contributed by atoms with E-state index in [-0.39, 0.29) is 17.9 Å². The zero-order valence-corrected chi connectivity index (χ0v) is 13.5. The fourth-order valence-corrected chi connectivity index (χ4v) is 3.04. The molecule has 2 heterocycles. The molecule has 114 valence electrons. The number of benzene rings is 1. The highest BCUT2D eigenvalue weighted by molar-refractivity contribution is 6.70. The number of amides is 1. The maximum absolute atomic E-state index is 11.3. The minimum Gasteiger partial charge on any atom is -0.426 e. The Hall–Kier alpha value is -1.88. The van der Waals surface area contributed by atoms with E-state index in [0.717, 1.165) is 22.7 Å². The second-order valence-corrected chi connectivity index (χ2v) is 7.20. The van der Waals surface area contributed by atoms with Gasteiger partial charge in [0.05, 0.1) is 11.1 Å². The lowest BCUT2D eigenvalue weighted by atomic mass is 9.53. The smallest absolute Gasteiger partial charge is 0.328 e. The van der Waals surface area contributed by atoms with Crippen LogP contribution in [-0.2, 0) is 4.65 Å². The van der Waals surface area contributed by atoms with Crippen molar-refractivity contribution in [2.75, 3.05) is 0 Å². The standard InChI is InChI=1S/C17H21BN2O2/c1-16(2)10-18(22-17(16,3)4)13-7-8-20-14-9-11(15(19)21)5-6-12(13)14/h5-9H,10H2,1-4H3,(H2,19,21). The highest BCUT2D eigenvalue weighted by Crippen LogP contribution is 2.45. The second kappa shape index (κ2) is 4.81. The highest BCUT2D eigenvalue weighted by atomic mass is 16.5. The summed E-state index contributed by atoms with van der Waals surface area (Å²) < 4.78 is 6.32. The van der Waals surface area contributed by atoms with Crippen molar-refractivity contribution in [1.29, 1.82) is 0 Å². The molecule has 0 saturated carbocycles. The average Bonchev–Trinajstić information content (AvgIpc) is 2.66. The van der Waals surface area contributed by atoms with Gasteiger partial charge in [0.2, 0.25) is 5.91 Å². The van der Waals surface area contributed by atoms with Gasteiger partial charge in [-0.15, -0.1) is 0 Å². The van der Waals surface area contributed by atoms with Crippen molar-refractivity contribution < 1.29 is 9.45 Å². The van der Waals surface area contributed by atoms with E-state index in [1.807, 2.05) is 12.1 Å². The lowest BCUT2D eigenvalue weighted by Gasteiger charge is -2.34. The molecule has 0 radical (unpaired) electrons. The molecule has 1 saturated heterocycles. The normalized spacial score (nSPS) is 19.5. The number of hydrogen-bond acceptors (Lipinski definition) is 3. The van der Waals surface area contributed by atoms with Crippen LogP contribution in [0.1, 0.15) is 38.1 Å². The molecule has 0 bridgehead atoms. The molecule has 3 rings (SSSR count). The quantitative estimate of drug-likeness (QED) is 0.865. The first-order valence-corrected chi connectivity index (χ1v) is 7.57. The highest BCUT2D eigenvalue weighted by Gasteiger charge is 2.50. The molecule has 0 unspecified atom stereocenters. The number of carbonyl (C=O) groups is 1. The predicted molar refractivity (Wildman–Crippen MR) is 89.4 cm³/mol.